The zero-order chi connectivity index (χ0) is 17.2. The van der Waals surface area contributed by atoms with Crippen molar-refractivity contribution in [1.82, 2.24) is 5.32 Å². The third-order valence-corrected chi connectivity index (χ3v) is 4.24. The van der Waals surface area contributed by atoms with Crippen LogP contribution in [0.15, 0.2) is 12.1 Å². The summed E-state index contributed by atoms with van der Waals surface area (Å²) in [6, 6.07) is 5.96. The van der Waals surface area contributed by atoms with E-state index in [4.69, 9.17) is 4.74 Å². The number of nitrogens with zero attached hydrogens (tertiary/aromatic N) is 1. The first kappa shape index (κ1) is 17.0. The van der Waals surface area contributed by atoms with Crippen LogP contribution >= 0.6 is 0 Å². The predicted octanol–water partition coefficient (Wildman–Crippen LogP) is 2.58. The number of amides is 1. The molecular weight excluding hydrogens is 292 g/mol. The van der Waals surface area contributed by atoms with Crippen molar-refractivity contribution in [3.63, 3.8) is 0 Å². The highest BCUT2D eigenvalue weighted by atomic mass is 16.5. The molecule has 2 rings (SSSR count). The smallest absolute Gasteiger partial charge is 0.339 e. The molecule has 23 heavy (non-hydrogen) atoms. The normalized spacial score (nSPS) is 16.1. The van der Waals surface area contributed by atoms with E-state index in [-0.39, 0.29) is 12.5 Å². The van der Waals surface area contributed by atoms with E-state index in [9.17, 15) is 14.9 Å². The maximum Gasteiger partial charge on any atom is 0.339 e. The second-order valence-electron chi connectivity index (χ2n) is 6.49. The molecule has 1 aromatic carbocycles. The van der Waals surface area contributed by atoms with E-state index in [1.54, 1.807) is 6.92 Å². The lowest BCUT2D eigenvalue weighted by molar-refractivity contribution is -0.125. The Morgan fingerprint density at radius 3 is 2.35 bits per heavy atom. The van der Waals surface area contributed by atoms with Crippen molar-refractivity contribution in [3.05, 3.63) is 34.4 Å². The van der Waals surface area contributed by atoms with Crippen molar-refractivity contribution in [2.75, 3.05) is 6.61 Å². The van der Waals surface area contributed by atoms with E-state index in [2.05, 4.69) is 11.4 Å². The molecule has 122 valence electrons. The van der Waals surface area contributed by atoms with E-state index in [0.717, 1.165) is 29.5 Å². The molecule has 0 unspecified atom stereocenters. The first-order chi connectivity index (χ1) is 10.8. The van der Waals surface area contributed by atoms with Gasteiger partial charge in [-0.25, -0.2) is 4.79 Å². The molecule has 1 atom stereocenters. The van der Waals surface area contributed by atoms with Crippen LogP contribution in [0.1, 0.15) is 46.8 Å². The maximum atomic E-state index is 12.2. The summed E-state index contributed by atoms with van der Waals surface area (Å²) in [5.74, 6) is -0.773. The highest BCUT2D eigenvalue weighted by Crippen LogP contribution is 2.39. The first-order valence-corrected chi connectivity index (χ1v) is 7.74. The van der Waals surface area contributed by atoms with Crippen molar-refractivity contribution >= 4 is 11.9 Å². The Balaban J connectivity index is 1.97. The molecule has 1 N–H and O–H groups in total. The molecule has 0 bridgehead atoms. The number of nitriles is 1. The summed E-state index contributed by atoms with van der Waals surface area (Å²) in [7, 11) is 0. The van der Waals surface area contributed by atoms with Crippen LogP contribution in [0.5, 0.6) is 0 Å². The topological polar surface area (TPSA) is 79.2 Å². The lowest BCUT2D eigenvalue weighted by Gasteiger charge is -2.22. The SMILES string of the molecule is Cc1cc(C)c(C(=O)OCC(=O)N[C@@](C)(C#N)C2CC2)c(C)c1. The Kier molecular flexibility index (Phi) is 4.74. The van der Waals surface area contributed by atoms with E-state index in [0.29, 0.717) is 5.56 Å². The van der Waals surface area contributed by atoms with Crippen molar-refractivity contribution < 1.29 is 14.3 Å². The Hall–Kier alpha value is -2.35. The van der Waals surface area contributed by atoms with Crippen LogP contribution in [0, 0.1) is 38.0 Å². The summed E-state index contributed by atoms with van der Waals surface area (Å²) in [6.07, 6.45) is 1.87. The lowest BCUT2D eigenvalue weighted by Crippen LogP contribution is -2.48. The number of rotatable bonds is 5. The Bertz CT molecular complexity index is 663. The largest absolute Gasteiger partial charge is 0.452 e. The molecule has 1 fully saturated rings. The monoisotopic (exact) mass is 314 g/mol. The van der Waals surface area contributed by atoms with Gasteiger partial charge in [0.1, 0.15) is 5.54 Å². The Morgan fingerprint density at radius 1 is 1.30 bits per heavy atom. The number of carbonyl (C=O) groups excluding carboxylic acids is 2. The van der Waals surface area contributed by atoms with Gasteiger partial charge >= 0.3 is 5.97 Å². The molecule has 0 aromatic heterocycles. The van der Waals surface area contributed by atoms with Crippen LogP contribution in [-0.4, -0.2) is 24.0 Å². The molecule has 0 saturated heterocycles. The Labute approximate surface area is 136 Å². The van der Waals surface area contributed by atoms with Gasteiger partial charge in [0.05, 0.1) is 11.6 Å². The minimum Gasteiger partial charge on any atom is -0.452 e. The van der Waals surface area contributed by atoms with Crippen molar-refractivity contribution in [2.24, 2.45) is 5.92 Å². The van der Waals surface area contributed by atoms with Gasteiger partial charge < -0.3 is 10.1 Å². The van der Waals surface area contributed by atoms with Gasteiger partial charge in [-0.2, -0.15) is 5.26 Å². The summed E-state index contributed by atoms with van der Waals surface area (Å²) in [5.41, 5.74) is 2.34. The molecule has 0 radical (unpaired) electrons. The minimum atomic E-state index is -0.876. The second kappa shape index (κ2) is 6.41. The molecule has 0 heterocycles. The van der Waals surface area contributed by atoms with E-state index >= 15 is 0 Å². The number of hydrogen-bond acceptors (Lipinski definition) is 4. The molecule has 1 aromatic rings. The molecule has 1 aliphatic carbocycles. The fraction of sp³-hybridized carbons (Fsp3) is 0.500. The van der Waals surface area contributed by atoms with Gasteiger partial charge in [0, 0.05) is 0 Å². The van der Waals surface area contributed by atoms with E-state index in [1.807, 2.05) is 32.9 Å². The van der Waals surface area contributed by atoms with Gasteiger partial charge in [0.2, 0.25) is 0 Å². The van der Waals surface area contributed by atoms with Gasteiger partial charge in [0.25, 0.3) is 5.91 Å². The summed E-state index contributed by atoms with van der Waals surface area (Å²) >= 11 is 0. The number of esters is 1. The minimum absolute atomic E-state index is 0.189. The fourth-order valence-corrected chi connectivity index (χ4v) is 2.91. The van der Waals surface area contributed by atoms with Crippen LogP contribution in [0.2, 0.25) is 0 Å². The van der Waals surface area contributed by atoms with Gasteiger partial charge in [-0.05, 0) is 57.6 Å². The van der Waals surface area contributed by atoms with Crippen molar-refractivity contribution in [1.29, 1.82) is 5.26 Å². The van der Waals surface area contributed by atoms with Crippen LogP contribution < -0.4 is 5.32 Å². The molecule has 5 nitrogen and oxygen atoms in total. The number of nitrogens with one attached hydrogen (secondary N) is 1. The van der Waals surface area contributed by atoms with Gasteiger partial charge in [0.15, 0.2) is 6.61 Å². The summed E-state index contributed by atoms with van der Waals surface area (Å²) < 4.78 is 5.12. The molecule has 1 saturated carbocycles. The van der Waals surface area contributed by atoms with Crippen LogP contribution in [0.25, 0.3) is 0 Å². The number of ether oxygens (including phenoxy) is 1. The van der Waals surface area contributed by atoms with Gasteiger partial charge in [-0.3, -0.25) is 4.79 Å². The summed E-state index contributed by atoms with van der Waals surface area (Å²) in [6.45, 7) is 6.98. The molecular formula is C18H22N2O3. The average molecular weight is 314 g/mol. The summed E-state index contributed by atoms with van der Waals surface area (Å²) in [4.78, 5) is 24.2. The van der Waals surface area contributed by atoms with E-state index < -0.39 is 17.4 Å². The molecule has 5 heteroatoms. The van der Waals surface area contributed by atoms with E-state index in [1.165, 1.54) is 0 Å². The van der Waals surface area contributed by atoms with Crippen LogP contribution in [0.4, 0.5) is 0 Å². The number of hydrogen-bond donors (Lipinski definition) is 1. The quantitative estimate of drug-likeness (QED) is 0.847. The zero-order valence-corrected chi connectivity index (χ0v) is 14.0. The average Bonchev–Trinajstić information content (AvgIpc) is 3.28. The van der Waals surface area contributed by atoms with Crippen LogP contribution in [0.3, 0.4) is 0 Å². The maximum absolute atomic E-state index is 12.2. The molecule has 1 amide bonds. The highest BCUT2D eigenvalue weighted by Gasteiger charge is 2.43. The Morgan fingerprint density at radius 2 is 1.87 bits per heavy atom. The van der Waals surface area contributed by atoms with Crippen LogP contribution in [-0.2, 0) is 9.53 Å². The van der Waals surface area contributed by atoms with Gasteiger partial charge in [-0.15, -0.1) is 0 Å². The third-order valence-electron chi connectivity index (χ3n) is 4.24. The zero-order valence-electron chi connectivity index (χ0n) is 14.0. The molecule has 0 aliphatic heterocycles. The van der Waals surface area contributed by atoms with Crippen molar-refractivity contribution in [3.8, 4) is 6.07 Å². The first-order valence-electron chi connectivity index (χ1n) is 7.74. The number of carbonyl (C=O) groups is 2. The number of aryl methyl sites for hydroxylation is 3. The number of benzene rings is 1. The third kappa shape index (κ3) is 3.89. The standard InChI is InChI=1S/C18H22N2O3/c1-11-7-12(2)16(13(3)8-11)17(22)23-9-15(21)20-18(4,10-19)14-5-6-14/h7-8,14H,5-6,9H2,1-4H3,(H,20,21)/t18-/m0/s1. The summed E-state index contributed by atoms with van der Waals surface area (Å²) in [5, 5.41) is 11.9. The van der Waals surface area contributed by atoms with Crippen molar-refractivity contribution in [2.45, 2.75) is 46.1 Å². The second-order valence-corrected chi connectivity index (χ2v) is 6.49. The highest BCUT2D eigenvalue weighted by molar-refractivity contribution is 5.94. The lowest BCUT2D eigenvalue weighted by atomic mass is 9.98. The molecule has 1 aliphatic rings. The van der Waals surface area contributed by atoms with Gasteiger partial charge in [-0.1, -0.05) is 17.7 Å². The fourth-order valence-electron chi connectivity index (χ4n) is 2.91. The predicted molar refractivity (Wildman–Crippen MR) is 85.8 cm³/mol. The molecule has 0 spiro atoms.